The standard InChI is InChI=1S/C28H34N4O2/c1-18-10-21(12-23(29)11-18)25-6-7-30-15-22(25)14-27(33)26-5-3-4-20-13-24(16-31-28(20)26)32-8-9-34-17-19(32)2/h3-7,13,15-16,18-19,21,23H,8-12,14,17,29H2,1-2H3/t18-,19+,21+,23-/m0/s1. The first-order valence-corrected chi connectivity index (χ1v) is 12.4. The van der Waals surface area contributed by atoms with Crippen molar-refractivity contribution in [3.8, 4) is 0 Å². The van der Waals surface area contributed by atoms with E-state index in [1.54, 1.807) is 0 Å². The molecular formula is C28H34N4O2. The number of ketones is 1. The zero-order valence-corrected chi connectivity index (χ0v) is 20.1. The Kier molecular flexibility index (Phi) is 6.61. The maximum absolute atomic E-state index is 13.5. The Morgan fingerprint density at radius 3 is 2.88 bits per heavy atom. The van der Waals surface area contributed by atoms with Crippen LogP contribution in [0.2, 0.25) is 0 Å². The summed E-state index contributed by atoms with van der Waals surface area (Å²) in [4.78, 5) is 24.9. The molecule has 2 aromatic heterocycles. The molecule has 0 unspecified atom stereocenters. The summed E-state index contributed by atoms with van der Waals surface area (Å²) in [6.07, 6.45) is 9.05. The Balaban J connectivity index is 1.41. The lowest BCUT2D eigenvalue weighted by molar-refractivity contribution is 0.0989. The molecule has 2 fully saturated rings. The van der Waals surface area contributed by atoms with Gasteiger partial charge in [0.25, 0.3) is 0 Å². The number of ether oxygens (including phenoxy) is 1. The molecule has 4 atom stereocenters. The molecule has 1 aliphatic heterocycles. The van der Waals surface area contributed by atoms with Crippen molar-refractivity contribution in [2.75, 3.05) is 24.7 Å². The third-order valence-corrected chi connectivity index (χ3v) is 7.41. The number of hydrogen-bond donors (Lipinski definition) is 1. The van der Waals surface area contributed by atoms with E-state index in [9.17, 15) is 4.79 Å². The van der Waals surface area contributed by atoms with Crippen molar-refractivity contribution in [2.24, 2.45) is 11.7 Å². The molecule has 1 aliphatic carbocycles. The Labute approximate surface area is 201 Å². The number of hydrogen-bond acceptors (Lipinski definition) is 6. The van der Waals surface area contributed by atoms with Crippen molar-refractivity contribution in [1.29, 1.82) is 0 Å². The minimum Gasteiger partial charge on any atom is -0.377 e. The number of aromatic nitrogens is 2. The van der Waals surface area contributed by atoms with E-state index in [1.165, 1.54) is 5.56 Å². The number of Topliss-reactive ketones (excluding diaryl/α,β-unsaturated/α-hetero) is 1. The number of nitrogens with zero attached hydrogens (tertiary/aromatic N) is 3. The number of morpholine rings is 1. The maximum Gasteiger partial charge on any atom is 0.169 e. The van der Waals surface area contributed by atoms with Gasteiger partial charge in [-0.2, -0.15) is 0 Å². The summed E-state index contributed by atoms with van der Waals surface area (Å²) >= 11 is 0. The number of nitrogens with two attached hydrogens (primary N) is 1. The van der Waals surface area contributed by atoms with E-state index in [-0.39, 0.29) is 11.8 Å². The molecule has 178 valence electrons. The fraction of sp³-hybridized carbons (Fsp3) is 0.464. The number of rotatable bonds is 5. The van der Waals surface area contributed by atoms with E-state index in [1.807, 2.05) is 36.8 Å². The van der Waals surface area contributed by atoms with Crippen LogP contribution in [0.4, 0.5) is 5.69 Å². The second-order valence-electron chi connectivity index (χ2n) is 10.1. The summed E-state index contributed by atoms with van der Waals surface area (Å²) in [5.41, 5.74) is 11.1. The normalized spacial score (nSPS) is 25.4. The monoisotopic (exact) mass is 458 g/mol. The summed E-state index contributed by atoms with van der Waals surface area (Å²) < 4.78 is 5.57. The fourth-order valence-electron chi connectivity index (χ4n) is 5.80. The second-order valence-corrected chi connectivity index (χ2v) is 10.1. The highest BCUT2D eigenvalue weighted by molar-refractivity contribution is 6.07. The fourth-order valence-corrected chi connectivity index (χ4v) is 5.80. The van der Waals surface area contributed by atoms with Crippen LogP contribution in [-0.2, 0) is 11.2 Å². The lowest BCUT2D eigenvalue weighted by atomic mass is 9.75. The van der Waals surface area contributed by atoms with Gasteiger partial charge in [0, 0.05) is 48.4 Å². The molecule has 1 saturated carbocycles. The molecule has 0 spiro atoms. The molecule has 2 N–H and O–H groups in total. The van der Waals surface area contributed by atoms with Gasteiger partial charge in [-0.05, 0) is 67.3 Å². The van der Waals surface area contributed by atoms with Gasteiger partial charge in [-0.1, -0.05) is 19.1 Å². The van der Waals surface area contributed by atoms with Gasteiger partial charge in [-0.15, -0.1) is 0 Å². The average Bonchev–Trinajstić information content (AvgIpc) is 2.83. The van der Waals surface area contributed by atoms with Crippen LogP contribution >= 0.6 is 0 Å². The molecule has 3 heterocycles. The second kappa shape index (κ2) is 9.80. The van der Waals surface area contributed by atoms with Crippen LogP contribution in [0.3, 0.4) is 0 Å². The number of benzene rings is 1. The van der Waals surface area contributed by atoms with Crippen LogP contribution < -0.4 is 10.6 Å². The molecule has 0 radical (unpaired) electrons. The van der Waals surface area contributed by atoms with Crippen LogP contribution in [0.5, 0.6) is 0 Å². The highest BCUT2D eigenvalue weighted by Crippen LogP contribution is 2.37. The van der Waals surface area contributed by atoms with Crippen LogP contribution in [0.1, 0.15) is 60.5 Å². The van der Waals surface area contributed by atoms with Crippen LogP contribution in [0.15, 0.2) is 48.9 Å². The van der Waals surface area contributed by atoms with E-state index >= 15 is 0 Å². The predicted molar refractivity (Wildman–Crippen MR) is 135 cm³/mol. The molecule has 3 aromatic rings. The SMILES string of the molecule is C[C@@H]1C[C@H](N)C[C@H](c2ccncc2CC(=O)c2cccc3cc(N4CCOC[C@H]4C)cnc23)C1. The minimum absolute atomic E-state index is 0.0768. The van der Waals surface area contributed by atoms with Crippen molar-refractivity contribution in [3.63, 3.8) is 0 Å². The Morgan fingerprint density at radius 1 is 1.18 bits per heavy atom. The van der Waals surface area contributed by atoms with Crippen molar-refractivity contribution in [2.45, 2.75) is 57.5 Å². The Bertz CT molecular complexity index is 1170. The van der Waals surface area contributed by atoms with Crippen LogP contribution in [-0.4, -0.2) is 47.6 Å². The van der Waals surface area contributed by atoms with Gasteiger partial charge >= 0.3 is 0 Å². The van der Waals surface area contributed by atoms with Crippen molar-refractivity contribution in [3.05, 3.63) is 65.6 Å². The minimum atomic E-state index is 0.0768. The van der Waals surface area contributed by atoms with Crippen molar-refractivity contribution < 1.29 is 9.53 Å². The quantitative estimate of drug-likeness (QED) is 0.567. The van der Waals surface area contributed by atoms with E-state index in [2.05, 4.69) is 35.9 Å². The van der Waals surface area contributed by atoms with Gasteiger partial charge in [0.2, 0.25) is 0 Å². The number of anilines is 1. The summed E-state index contributed by atoms with van der Waals surface area (Å²) in [6, 6.07) is 10.6. The maximum atomic E-state index is 13.5. The lowest BCUT2D eigenvalue weighted by Crippen LogP contribution is -2.43. The molecule has 2 aliphatic rings. The molecule has 5 rings (SSSR count). The topological polar surface area (TPSA) is 81.3 Å². The van der Waals surface area contributed by atoms with Gasteiger partial charge < -0.3 is 15.4 Å². The van der Waals surface area contributed by atoms with Crippen molar-refractivity contribution in [1.82, 2.24) is 9.97 Å². The first-order valence-electron chi connectivity index (χ1n) is 12.4. The van der Waals surface area contributed by atoms with Gasteiger partial charge in [0.05, 0.1) is 30.6 Å². The number of fused-ring (bicyclic) bond motifs is 1. The summed E-state index contributed by atoms with van der Waals surface area (Å²) in [5.74, 6) is 1.05. The van der Waals surface area contributed by atoms with E-state index in [0.717, 1.165) is 54.6 Å². The number of carbonyl (C=O) groups excluding carboxylic acids is 1. The lowest BCUT2D eigenvalue weighted by Gasteiger charge is -2.35. The zero-order chi connectivity index (χ0) is 23.7. The summed E-state index contributed by atoms with van der Waals surface area (Å²) in [7, 11) is 0. The molecule has 1 saturated heterocycles. The highest BCUT2D eigenvalue weighted by Gasteiger charge is 2.28. The Hall–Kier alpha value is -2.83. The smallest absolute Gasteiger partial charge is 0.169 e. The van der Waals surface area contributed by atoms with E-state index in [4.69, 9.17) is 15.5 Å². The molecule has 1 aromatic carbocycles. The Morgan fingerprint density at radius 2 is 2.06 bits per heavy atom. The van der Waals surface area contributed by atoms with Gasteiger partial charge in [-0.3, -0.25) is 14.8 Å². The molecule has 34 heavy (non-hydrogen) atoms. The largest absolute Gasteiger partial charge is 0.377 e. The summed E-state index contributed by atoms with van der Waals surface area (Å²) in [6.45, 7) is 6.72. The van der Waals surface area contributed by atoms with Gasteiger partial charge in [0.1, 0.15) is 0 Å². The molecular weight excluding hydrogens is 424 g/mol. The molecule has 0 bridgehead atoms. The van der Waals surface area contributed by atoms with Gasteiger partial charge in [0.15, 0.2) is 5.78 Å². The van der Waals surface area contributed by atoms with Crippen LogP contribution in [0, 0.1) is 5.92 Å². The first-order chi connectivity index (χ1) is 16.5. The number of pyridine rings is 2. The zero-order valence-electron chi connectivity index (χ0n) is 20.1. The predicted octanol–water partition coefficient (Wildman–Crippen LogP) is 4.51. The molecule has 0 amide bonds. The molecule has 6 nitrogen and oxygen atoms in total. The first kappa shape index (κ1) is 22.9. The highest BCUT2D eigenvalue weighted by atomic mass is 16.5. The summed E-state index contributed by atoms with van der Waals surface area (Å²) in [5, 5.41) is 0.987. The number of carbonyl (C=O) groups is 1. The van der Waals surface area contributed by atoms with Gasteiger partial charge in [-0.25, -0.2) is 0 Å². The molecule has 6 heteroatoms. The van der Waals surface area contributed by atoms with Crippen LogP contribution in [0.25, 0.3) is 10.9 Å². The third kappa shape index (κ3) is 4.70. The number of para-hydroxylation sites is 1. The van der Waals surface area contributed by atoms with E-state index in [0.29, 0.717) is 36.5 Å². The third-order valence-electron chi connectivity index (χ3n) is 7.41. The van der Waals surface area contributed by atoms with E-state index < -0.39 is 0 Å². The van der Waals surface area contributed by atoms with Crippen molar-refractivity contribution >= 4 is 22.4 Å². The average molecular weight is 459 g/mol.